The van der Waals surface area contributed by atoms with Crippen LogP contribution in [0.2, 0.25) is 5.02 Å². The Balaban J connectivity index is 2.43. The Hall–Kier alpha value is -2.42. The van der Waals surface area contributed by atoms with Gasteiger partial charge in [0, 0.05) is 5.02 Å². The molecule has 3 N–H and O–H groups in total. The van der Waals surface area contributed by atoms with Crippen molar-refractivity contribution in [3.8, 4) is 11.1 Å². The zero-order valence-electron chi connectivity index (χ0n) is 16.1. The van der Waals surface area contributed by atoms with Crippen LogP contribution in [0, 0.1) is 5.41 Å². The van der Waals surface area contributed by atoms with Crippen molar-refractivity contribution in [1.82, 2.24) is 4.72 Å². The zero-order chi connectivity index (χ0) is 22.0. The van der Waals surface area contributed by atoms with E-state index in [1.165, 1.54) is 32.9 Å². The molecule has 29 heavy (non-hydrogen) atoms. The molecule has 0 heterocycles. The Morgan fingerprint density at radius 3 is 1.76 bits per heavy atom. The summed E-state index contributed by atoms with van der Waals surface area (Å²) in [5, 5.41) is 19.5. The van der Waals surface area contributed by atoms with Crippen LogP contribution < -0.4 is 4.72 Å². The van der Waals surface area contributed by atoms with Gasteiger partial charge < -0.3 is 10.2 Å². The monoisotopic (exact) mass is 439 g/mol. The van der Waals surface area contributed by atoms with E-state index < -0.39 is 39.3 Å². The van der Waals surface area contributed by atoms with Gasteiger partial charge in [-0.2, -0.15) is 4.72 Å². The topological polar surface area (TPSA) is 121 Å². The minimum atomic E-state index is -4.31. The number of hydrogen-bond donors (Lipinski definition) is 3. The minimum absolute atomic E-state index is 0.171. The smallest absolute Gasteiger partial charge is 0.326 e. The van der Waals surface area contributed by atoms with Crippen molar-refractivity contribution in [2.75, 3.05) is 0 Å². The van der Waals surface area contributed by atoms with Crippen LogP contribution in [0.1, 0.15) is 27.2 Å². The second-order valence-electron chi connectivity index (χ2n) is 7.67. The van der Waals surface area contributed by atoms with E-state index in [4.69, 9.17) is 11.6 Å². The van der Waals surface area contributed by atoms with Gasteiger partial charge in [0.05, 0.1) is 11.3 Å². The molecule has 156 valence electrons. The van der Waals surface area contributed by atoms with Crippen LogP contribution in [-0.4, -0.2) is 36.1 Å². The van der Waals surface area contributed by atoms with Gasteiger partial charge in [-0.1, -0.05) is 56.6 Å². The summed E-state index contributed by atoms with van der Waals surface area (Å²) >= 11 is 5.87. The third-order valence-electron chi connectivity index (χ3n) is 4.71. The lowest BCUT2D eigenvalue weighted by molar-refractivity contribution is -0.155. The van der Waals surface area contributed by atoms with Crippen LogP contribution in [-0.2, 0) is 19.6 Å². The molecular formula is C20H22ClNO6S. The highest BCUT2D eigenvalue weighted by Gasteiger charge is 2.53. The standard InChI is InChI=1S/C20H22ClNO6S/c1-19(2,3)20(18(25)26,12-17(23)24)22-29(27,28)16-10-6-14(7-11-16)13-4-8-15(21)9-5-13/h4-11,22H,12H2,1-3H3,(H,23,24)(H,25,26)/t20-/m1/s1. The summed E-state index contributed by atoms with van der Waals surface area (Å²) in [5.74, 6) is -2.99. The second-order valence-corrected chi connectivity index (χ2v) is 9.79. The molecule has 2 aromatic rings. The highest BCUT2D eigenvalue weighted by molar-refractivity contribution is 7.89. The van der Waals surface area contributed by atoms with Crippen molar-refractivity contribution < 1.29 is 28.2 Å². The van der Waals surface area contributed by atoms with Gasteiger partial charge >= 0.3 is 11.9 Å². The van der Waals surface area contributed by atoms with Gasteiger partial charge in [0.15, 0.2) is 0 Å². The number of carboxylic acid groups (broad SMARTS) is 2. The molecule has 0 amide bonds. The zero-order valence-corrected chi connectivity index (χ0v) is 17.7. The number of aliphatic carboxylic acids is 2. The maximum atomic E-state index is 12.9. The van der Waals surface area contributed by atoms with Crippen LogP contribution in [0.4, 0.5) is 0 Å². The highest BCUT2D eigenvalue weighted by atomic mass is 35.5. The molecule has 0 aliphatic heterocycles. The average Bonchev–Trinajstić information content (AvgIpc) is 2.60. The van der Waals surface area contributed by atoms with Crippen molar-refractivity contribution in [3.05, 3.63) is 53.6 Å². The number of nitrogens with one attached hydrogen (secondary N) is 1. The number of hydrogen-bond acceptors (Lipinski definition) is 4. The van der Waals surface area contributed by atoms with E-state index in [0.717, 1.165) is 11.1 Å². The molecule has 0 saturated carbocycles. The molecule has 0 fully saturated rings. The van der Waals surface area contributed by atoms with Crippen LogP contribution in [0.5, 0.6) is 0 Å². The largest absolute Gasteiger partial charge is 0.481 e. The van der Waals surface area contributed by atoms with Gasteiger partial charge in [0.25, 0.3) is 0 Å². The van der Waals surface area contributed by atoms with E-state index in [9.17, 15) is 28.2 Å². The Kier molecular flexibility index (Phi) is 6.42. The highest BCUT2D eigenvalue weighted by Crippen LogP contribution is 2.35. The number of carboxylic acids is 2. The van der Waals surface area contributed by atoms with Gasteiger partial charge in [-0.25, -0.2) is 8.42 Å². The maximum absolute atomic E-state index is 12.9. The summed E-state index contributed by atoms with van der Waals surface area (Å²) < 4.78 is 27.9. The van der Waals surface area contributed by atoms with Gasteiger partial charge in [-0.15, -0.1) is 0 Å². The van der Waals surface area contributed by atoms with E-state index in [1.807, 2.05) is 0 Å². The molecule has 7 nitrogen and oxygen atoms in total. The Labute approximate surface area is 174 Å². The molecule has 0 aliphatic carbocycles. The molecule has 0 aliphatic rings. The molecule has 0 bridgehead atoms. The Bertz CT molecular complexity index is 1010. The molecule has 0 saturated heterocycles. The fourth-order valence-electron chi connectivity index (χ4n) is 2.88. The number of sulfonamides is 1. The molecule has 0 unspecified atom stereocenters. The lowest BCUT2D eigenvalue weighted by atomic mass is 9.72. The van der Waals surface area contributed by atoms with Gasteiger partial charge in [-0.05, 0) is 40.8 Å². The molecule has 1 atom stereocenters. The first kappa shape index (κ1) is 22.9. The first-order valence-electron chi connectivity index (χ1n) is 8.64. The van der Waals surface area contributed by atoms with E-state index >= 15 is 0 Å². The Morgan fingerprint density at radius 2 is 1.38 bits per heavy atom. The molecule has 2 rings (SSSR count). The Morgan fingerprint density at radius 1 is 0.931 bits per heavy atom. The minimum Gasteiger partial charge on any atom is -0.481 e. The van der Waals surface area contributed by atoms with E-state index in [0.29, 0.717) is 5.02 Å². The normalized spacial score (nSPS) is 14.2. The fraction of sp³-hybridized carbons (Fsp3) is 0.300. The van der Waals surface area contributed by atoms with Crippen LogP contribution in [0.3, 0.4) is 0 Å². The van der Waals surface area contributed by atoms with Crippen LogP contribution in [0.25, 0.3) is 11.1 Å². The fourth-order valence-corrected chi connectivity index (χ4v) is 4.54. The van der Waals surface area contributed by atoms with Crippen molar-refractivity contribution in [2.45, 2.75) is 37.6 Å². The van der Waals surface area contributed by atoms with Crippen molar-refractivity contribution in [1.29, 1.82) is 0 Å². The van der Waals surface area contributed by atoms with Gasteiger partial charge in [-0.3, -0.25) is 9.59 Å². The summed E-state index contributed by atoms with van der Waals surface area (Å²) in [6.07, 6.45) is -0.909. The van der Waals surface area contributed by atoms with Gasteiger partial charge in [0.2, 0.25) is 10.0 Å². The van der Waals surface area contributed by atoms with Crippen molar-refractivity contribution in [2.24, 2.45) is 5.41 Å². The maximum Gasteiger partial charge on any atom is 0.326 e. The summed E-state index contributed by atoms with van der Waals surface area (Å²) in [4.78, 5) is 23.1. The molecule has 0 spiro atoms. The number of benzene rings is 2. The molecule has 0 aromatic heterocycles. The van der Waals surface area contributed by atoms with Crippen molar-refractivity contribution in [3.63, 3.8) is 0 Å². The summed E-state index contributed by atoms with van der Waals surface area (Å²) in [7, 11) is -4.31. The third kappa shape index (κ3) is 4.95. The van der Waals surface area contributed by atoms with Crippen LogP contribution >= 0.6 is 11.6 Å². The summed E-state index contributed by atoms with van der Waals surface area (Å²) in [6.45, 7) is 4.41. The predicted octanol–water partition coefficient (Wildman–Crippen LogP) is 3.63. The molecular weight excluding hydrogens is 418 g/mol. The summed E-state index contributed by atoms with van der Waals surface area (Å²) in [6, 6.07) is 12.8. The summed E-state index contributed by atoms with van der Waals surface area (Å²) in [5.41, 5.74) is -1.88. The molecule has 9 heteroatoms. The van der Waals surface area contributed by atoms with E-state index in [-0.39, 0.29) is 4.90 Å². The lowest BCUT2D eigenvalue weighted by Crippen LogP contribution is -2.63. The third-order valence-corrected chi connectivity index (χ3v) is 6.47. The number of carbonyl (C=O) groups is 2. The second kappa shape index (κ2) is 8.14. The average molecular weight is 440 g/mol. The number of halogens is 1. The van der Waals surface area contributed by atoms with E-state index in [1.54, 1.807) is 36.4 Å². The van der Waals surface area contributed by atoms with Gasteiger partial charge in [0.1, 0.15) is 5.54 Å². The lowest BCUT2D eigenvalue weighted by Gasteiger charge is -2.40. The van der Waals surface area contributed by atoms with E-state index in [2.05, 4.69) is 4.72 Å². The van der Waals surface area contributed by atoms with Crippen molar-refractivity contribution >= 4 is 33.6 Å². The SMILES string of the molecule is CC(C)(C)[C@](CC(=O)O)(NS(=O)(=O)c1ccc(-c2ccc(Cl)cc2)cc1)C(=O)O. The first-order valence-corrected chi connectivity index (χ1v) is 10.5. The quantitative estimate of drug-likeness (QED) is 0.605. The first-order chi connectivity index (χ1) is 13.3. The number of rotatable bonds is 7. The molecule has 0 radical (unpaired) electrons. The predicted molar refractivity (Wildman–Crippen MR) is 109 cm³/mol. The molecule has 2 aromatic carbocycles. The van der Waals surface area contributed by atoms with Crippen LogP contribution in [0.15, 0.2) is 53.4 Å².